The van der Waals surface area contributed by atoms with Crippen LogP contribution in [0.25, 0.3) is 0 Å². The maximum atomic E-state index is 14.0. The van der Waals surface area contributed by atoms with Crippen LogP contribution in [0.3, 0.4) is 0 Å². The Hall–Kier alpha value is -2.87. The second-order valence-electron chi connectivity index (χ2n) is 9.76. The highest BCUT2D eigenvalue weighted by Crippen LogP contribution is 2.49. The van der Waals surface area contributed by atoms with Crippen molar-refractivity contribution < 1.29 is 27.8 Å². The van der Waals surface area contributed by atoms with Crippen molar-refractivity contribution in [2.45, 2.75) is 57.3 Å². The highest BCUT2D eigenvalue weighted by molar-refractivity contribution is 5.93. The Morgan fingerprint density at radius 3 is 2.35 bits per heavy atom. The summed E-state index contributed by atoms with van der Waals surface area (Å²) >= 11 is 0. The second-order valence-corrected chi connectivity index (χ2v) is 9.76. The fourth-order valence-electron chi connectivity index (χ4n) is 4.85. The zero-order valence-corrected chi connectivity index (χ0v) is 19.5. The van der Waals surface area contributed by atoms with Crippen molar-refractivity contribution in [3.05, 3.63) is 65.7 Å². The van der Waals surface area contributed by atoms with Gasteiger partial charge in [-0.2, -0.15) is 23.3 Å². The van der Waals surface area contributed by atoms with E-state index in [0.29, 0.717) is 18.6 Å². The number of hydrazone groups is 1. The molecule has 8 heteroatoms. The Morgan fingerprint density at radius 1 is 1.12 bits per heavy atom. The molecule has 0 radical (unpaired) electrons. The van der Waals surface area contributed by atoms with Crippen LogP contribution in [-0.4, -0.2) is 40.2 Å². The molecule has 0 aromatic heterocycles. The van der Waals surface area contributed by atoms with Crippen molar-refractivity contribution in [3.63, 3.8) is 0 Å². The third-order valence-electron chi connectivity index (χ3n) is 7.06. The van der Waals surface area contributed by atoms with Gasteiger partial charge in [-0.3, -0.25) is 4.79 Å². The minimum atomic E-state index is -5.04. The van der Waals surface area contributed by atoms with E-state index in [-0.39, 0.29) is 28.5 Å². The van der Waals surface area contributed by atoms with Crippen LogP contribution >= 0.6 is 0 Å². The van der Waals surface area contributed by atoms with Crippen LogP contribution in [0.2, 0.25) is 0 Å². The number of alkyl halides is 3. The first kappa shape index (κ1) is 24.3. The maximum Gasteiger partial charge on any atom is 0.439 e. The van der Waals surface area contributed by atoms with Crippen LogP contribution < -0.4 is 4.74 Å². The molecular formula is C26H29F3N2O3. The van der Waals surface area contributed by atoms with Crippen LogP contribution in [0.1, 0.15) is 51.2 Å². The van der Waals surface area contributed by atoms with Crippen molar-refractivity contribution in [1.29, 1.82) is 0 Å². The van der Waals surface area contributed by atoms with E-state index in [1.54, 1.807) is 12.1 Å². The van der Waals surface area contributed by atoms with E-state index < -0.39 is 30.3 Å². The van der Waals surface area contributed by atoms with E-state index in [9.17, 15) is 23.1 Å². The summed E-state index contributed by atoms with van der Waals surface area (Å²) in [5, 5.41) is 14.8. The van der Waals surface area contributed by atoms with Crippen LogP contribution in [0.15, 0.2) is 59.7 Å². The van der Waals surface area contributed by atoms with E-state index in [0.717, 1.165) is 11.1 Å². The molecule has 5 nitrogen and oxygen atoms in total. The van der Waals surface area contributed by atoms with E-state index in [4.69, 9.17) is 4.74 Å². The normalized spacial score (nSPS) is 25.0. The average molecular weight is 475 g/mol. The van der Waals surface area contributed by atoms with Crippen molar-refractivity contribution in [2.75, 3.05) is 6.61 Å². The number of amides is 1. The summed E-state index contributed by atoms with van der Waals surface area (Å²) in [5.74, 6) is -1.94. The number of halogens is 3. The van der Waals surface area contributed by atoms with Gasteiger partial charge in [-0.1, -0.05) is 63.2 Å². The monoisotopic (exact) mass is 474 g/mol. The molecule has 1 amide bonds. The lowest BCUT2D eigenvalue weighted by molar-refractivity contribution is -0.318. The molecule has 2 aromatic rings. The van der Waals surface area contributed by atoms with Gasteiger partial charge in [0, 0.05) is 11.1 Å². The molecule has 3 atom stereocenters. The average Bonchev–Trinajstić information content (AvgIpc) is 3.11. The Labute approximate surface area is 197 Å². The Kier molecular flexibility index (Phi) is 6.23. The van der Waals surface area contributed by atoms with Gasteiger partial charge in [0.15, 0.2) is 6.61 Å². The van der Waals surface area contributed by atoms with Crippen molar-refractivity contribution >= 4 is 11.6 Å². The number of hydrogen-bond donors (Lipinski definition) is 1. The fourth-order valence-corrected chi connectivity index (χ4v) is 4.85. The lowest BCUT2D eigenvalue weighted by Gasteiger charge is -2.39. The molecule has 1 N–H and O–H groups in total. The van der Waals surface area contributed by atoms with Crippen molar-refractivity contribution in [3.8, 4) is 5.75 Å². The number of hydrogen-bond acceptors (Lipinski definition) is 4. The lowest BCUT2D eigenvalue weighted by atomic mass is 9.76. The smallest absolute Gasteiger partial charge is 0.439 e. The predicted molar refractivity (Wildman–Crippen MR) is 122 cm³/mol. The molecule has 2 aliphatic rings. The molecular weight excluding hydrogens is 445 g/mol. The van der Waals surface area contributed by atoms with Gasteiger partial charge in [0.1, 0.15) is 5.75 Å². The summed E-state index contributed by atoms with van der Waals surface area (Å²) in [7, 11) is 0. The largest absolute Gasteiger partial charge is 0.484 e. The van der Waals surface area contributed by atoms with Gasteiger partial charge >= 0.3 is 6.18 Å². The quantitative estimate of drug-likeness (QED) is 0.642. The lowest BCUT2D eigenvalue weighted by Crippen LogP contribution is -2.62. The zero-order chi connectivity index (χ0) is 24.7. The van der Waals surface area contributed by atoms with Gasteiger partial charge in [-0.25, -0.2) is 0 Å². The molecule has 0 unspecified atom stereocenters. The van der Waals surface area contributed by atoms with Crippen LogP contribution in [0, 0.1) is 11.8 Å². The first-order valence-electron chi connectivity index (χ1n) is 11.4. The van der Waals surface area contributed by atoms with Crippen molar-refractivity contribution in [2.24, 2.45) is 16.9 Å². The molecule has 0 spiro atoms. The molecule has 34 heavy (non-hydrogen) atoms. The highest BCUT2D eigenvalue weighted by Gasteiger charge is 2.68. The zero-order valence-electron chi connectivity index (χ0n) is 19.5. The third kappa shape index (κ3) is 4.19. The second kappa shape index (κ2) is 8.73. The first-order chi connectivity index (χ1) is 15.9. The van der Waals surface area contributed by atoms with E-state index >= 15 is 0 Å². The van der Waals surface area contributed by atoms with Gasteiger partial charge in [-0.15, -0.1) is 0 Å². The molecule has 0 bridgehead atoms. The molecule has 4 rings (SSSR count). The SMILES string of the molecule is C[C@@H]1CCC2=NN(C(=O)COc3ccc(C(C)(C)c4ccccc4)cc3)[C@](O)(C(F)(F)F)[C@H]2C1. The third-order valence-corrected chi connectivity index (χ3v) is 7.06. The maximum absolute atomic E-state index is 14.0. The Bertz CT molecular complexity index is 1070. The van der Waals surface area contributed by atoms with E-state index in [2.05, 4.69) is 18.9 Å². The number of rotatable bonds is 5. The minimum absolute atomic E-state index is 0.00257. The summed E-state index contributed by atoms with van der Waals surface area (Å²) in [4.78, 5) is 12.8. The van der Waals surface area contributed by atoms with Gasteiger partial charge in [0.25, 0.3) is 11.6 Å². The van der Waals surface area contributed by atoms with Gasteiger partial charge in [0.2, 0.25) is 0 Å². The summed E-state index contributed by atoms with van der Waals surface area (Å²) in [6.45, 7) is 5.35. The molecule has 1 aliphatic heterocycles. The van der Waals surface area contributed by atoms with E-state index in [1.807, 2.05) is 49.4 Å². The number of nitrogens with zero attached hydrogens (tertiary/aromatic N) is 2. The summed E-state index contributed by atoms with van der Waals surface area (Å²) in [6, 6.07) is 17.1. The summed E-state index contributed by atoms with van der Waals surface area (Å²) in [5.41, 5.74) is -1.24. The number of carbonyl (C=O) groups excluding carboxylic acids is 1. The van der Waals surface area contributed by atoms with Gasteiger partial charge in [-0.05, 0) is 48.4 Å². The number of ether oxygens (including phenoxy) is 1. The standard InChI is InChI=1S/C26H29F3N2O3/c1-17-9-14-22-21(15-17)25(33,26(27,28)29)31(30-22)23(32)16-34-20-12-10-19(11-13-20)24(2,3)18-7-5-4-6-8-18/h4-8,10-13,17,21,33H,9,14-16H2,1-3H3/t17-,21+,25-/m1/s1. The topological polar surface area (TPSA) is 62.1 Å². The number of carbonyl (C=O) groups is 1. The van der Waals surface area contributed by atoms with E-state index in [1.165, 1.54) is 0 Å². The molecule has 0 saturated heterocycles. The highest BCUT2D eigenvalue weighted by atomic mass is 19.4. The molecule has 1 fully saturated rings. The fraction of sp³-hybridized carbons (Fsp3) is 0.462. The molecule has 1 saturated carbocycles. The number of benzene rings is 2. The Balaban J connectivity index is 1.47. The molecule has 182 valence electrons. The van der Waals surface area contributed by atoms with Crippen LogP contribution in [-0.2, 0) is 10.2 Å². The first-order valence-corrected chi connectivity index (χ1v) is 11.4. The van der Waals surface area contributed by atoms with Gasteiger partial charge < -0.3 is 9.84 Å². The molecule has 1 aliphatic carbocycles. The van der Waals surface area contributed by atoms with Gasteiger partial charge in [0.05, 0.1) is 5.92 Å². The summed E-state index contributed by atoms with van der Waals surface area (Å²) in [6.07, 6.45) is -3.92. The predicted octanol–water partition coefficient (Wildman–Crippen LogP) is 5.28. The Morgan fingerprint density at radius 2 is 1.74 bits per heavy atom. The van der Waals surface area contributed by atoms with Crippen molar-refractivity contribution in [1.82, 2.24) is 5.01 Å². The minimum Gasteiger partial charge on any atom is -0.484 e. The number of aliphatic hydroxyl groups is 1. The molecule has 1 heterocycles. The molecule has 2 aromatic carbocycles. The van der Waals surface area contributed by atoms with Crippen LogP contribution in [0.5, 0.6) is 5.75 Å². The summed E-state index contributed by atoms with van der Waals surface area (Å²) < 4.78 is 47.4. The number of fused-ring (bicyclic) bond motifs is 1. The van der Waals surface area contributed by atoms with Crippen LogP contribution in [0.4, 0.5) is 13.2 Å².